The summed E-state index contributed by atoms with van der Waals surface area (Å²) >= 11 is 0. The van der Waals surface area contributed by atoms with E-state index in [-0.39, 0.29) is 67.6 Å². The van der Waals surface area contributed by atoms with Crippen LogP contribution in [0.25, 0.3) is 0 Å². The number of nitrogens with two attached hydrogens (primary N) is 3. The van der Waals surface area contributed by atoms with Crippen LogP contribution in [0.4, 0.5) is 17.8 Å². The highest BCUT2D eigenvalue weighted by Gasteiger charge is 2.34. The second-order valence-electron chi connectivity index (χ2n) is 17.6. The number of carboxylic acids is 1. The predicted molar refractivity (Wildman–Crippen MR) is 265 cm³/mol. The van der Waals surface area contributed by atoms with Gasteiger partial charge in [-0.25, -0.2) is 9.36 Å². The van der Waals surface area contributed by atoms with E-state index in [9.17, 15) is 19.5 Å². The maximum atomic E-state index is 14.2. The van der Waals surface area contributed by atoms with E-state index in [1.165, 1.54) is 4.68 Å². The van der Waals surface area contributed by atoms with Gasteiger partial charge < -0.3 is 61.4 Å². The van der Waals surface area contributed by atoms with Crippen LogP contribution in [0, 0.1) is 24.2 Å². The zero-order valence-electron chi connectivity index (χ0n) is 41.3. The number of rotatable bonds is 30. The molecule has 8 N–H and O–H groups in total. The number of hydrogen-bond acceptors (Lipinski definition) is 19. The number of piperazine rings is 2. The van der Waals surface area contributed by atoms with Gasteiger partial charge in [-0.3, -0.25) is 14.4 Å². The van der Waals surface area contributed by atoms with Gasteiger partial charge in [0.1, 0.15) is 18.7 Å². The van der Waals surface area contributed by atoms with Gasteiger partial charge >= 0.3 is 5.97 Å². The quantitative estimate of drug-likeness (QED) is 0.0466. The molecule has 5 heterocycles. The first-order valence-corrected chi connectivity index (χ1v) is 24.4. The van der Waals surface area contributed by atoms with Crippen LogP contribution in [0.2, 0.25) is 0 Å². The Morgan fingerprint density at radius 1 is 0.729 bits per heavy atom. The number of carbonyl (C=O) groups excluding carboxylic acids is 2. The minimum atomic E-state index is -1.01. The van der Waals surface area contributed by atoms with Crippen molar-refractivity contribution in [2.45, 2.75) is 96.8 Å². The van der Waals surface area contributed by atoms with Crippen molar-refractivity contribution in [2.75, 3.05) is 120 Å². The lowest BCUT2D eigenvalue weighted by Gasteiger charge is -2.38. The van der Waals surface area contributed by atoms with E-state index in [4.69, 9.17) is 52.8 Å². The molecule has 2 saturated heterocycles. The number of ether oxygens (including phenoxy) is 3. The van der Waals surface area contributed by atoms with E-state index >= 15 is 0 Å². The minimum absolute atomic E-state index is 0. The molecule has 2 unspecified atom stereocenters. The monoisotopic (exact) mass is 1000 g/mol. The summed E-state index contributed by atoms with van der Waals surface area (Å²) in [6, 6.07) is -2.07. The van der Waals surface area contributed by atoms with Gasteiger partial charge in [-0.2, -0.15) is 15.0 Å². The van der Waals surface area contributed by atoms with Crippen LogP contribution >= 0.6 is 12.4 Å². The molecular formula is C45H76ClN17O7. The molecule has 0 saturated carbocycles. The molecule has 25 heteroatoms. The number of aliphatic carboxylic acids is 1. The Kier molecular flexibility index (Phi) is 24.4. The van der Waals surface area contributed by atoms with Gasteiger partial charge in [0.2, 0.25) is 29.7 Å². The lowest BCUT2D eigenvalue weighted by Crippen LogP contribution is -2.52. The molecule has 0 aliphatic carbocycles. The van der Waals surface area contributed by atoms with Crippen molar-refractivity contribution in [1.29, 1.82) is 0 Å². The molecular weight excluding hydrogens is 926 g/mol. The fourth-order valence-electron chi connectivity index (χ4n) is 7.96. The fraction of sp³-hybridized carbons (Fsp3) is 0.733. The number of carbonyl (C=O) groups is 3. The highest BCUT2D eigenvalue weighted by atomic mass is 35.5. The predicted octanol–water partition coefficient (Wildman–Crippen LogP) is 1.44. The molecule has 6 atom stereocenters. The van der Waals surface area contributed by atoms with Crippen LogP contribution in [0.1, 0.15) is 108 Å². The number of halogens is 1. The van der Waals surface area contributed by atoms with Crippen LogP contribution in [0.3, 0.4) is 0 Å². The zero-order chi connectivity index (χ0) is 49.7. The Morgan fingerprint density at radius 3 is 1.66 bits per heavy atom. The summed E-state index contributed by atoms with van der Waals surface area (Å²) in [5, 5.41) is 30.1. The van der Waals surface area contributed by atoms with Crippen molar-refractivity contribution < 1.29 is 33.7 Å². The number of hydrogen-bond donors (Lipinski definition) is 5. The first kappa shape index (κ1) is 57.3. The number of terminal acetylenes is 1. The molecule has 2 aliphatic heterocycles. The van der Waals surface area contributed by atoms with E-state index in [1.54, 1.807) is 15.8 Å². The van der Waals surface area contributed by atoms with Crippen molar-refractivity contribution in [3.8, 4) is 12.3 Å². The number of amides is 2. The summed E-state index contributed by atoms with van der Waals surface area (Å²) in [5.41, 5.74) is 19.9. The van der Waals surface area contributed by atoms with Gasteiger partial charge in [0.05, 0.1) is 68.9 Å². The van der Waals surface area contributed by atoms with Crippen molar-refractivity contribution in [1.82, 2.24) is 54.7 Å². The van der Waals surface area contributed by atoms with E-state index in [0.717, 1.165) is 25.7 Å². The highest BCUT2D eigenvalue weighted by Crippen LogP contribution is 2.27. The second-order valence-corrected chi connectivity index (χ2v) is 17.6. The molecule has 2 fully saturated rings. The van der Waals surface area contributed by atoms with Crippen LogP contribution in [0.15, 0.2) is 12.4 Å². The maximum Gasteiger partial charge on any atom is 0.303 e. The zero-order valence-corrected chi connectivity index (χ0v) is 42.1. The molecule has 2 aliphatic rings. The molecule has 70 heavy (non-hydrogen) atoms. The topological polar surface area (TPSA) is 302 Å². The third kappa shape index (κ3) is 16.7. The Bertz CT molecular complexity index is 2070. The van der Waals surface area contributed by atoms with Crippen molar-refractivity contribution >= 4 is 48.0 Å². The standard InChI is InChI=1S/C45H75N17O7.ClH/c1-6-24-67-26-28-69-29-27-68-25-15-49-43-50-44(59-20-16-57(17-21-59)41(65)36(11-9-10-14-46)61-30-34(53-55-61)39(47)32(4)7-2)52-45(51-43)60-22-18-58(19-23-60)42(66)37(12-13-38(63)64)62-31-35(54-56-62)40(48)33(5)8-3;/h1,30-33,36-37,39-40H,7-29,46-48H2,2-5H3,(H,63,64)(H,49,50,51,52);1H/t32-,33-,36+,37+,39?,40?;/m1./s1. The summed E-state index contributed by atoms with van der Waals surface area (Å²) in [5.74, 6) is 2.68. The average Bonchev–Trinajstić information content (AvgIpc) is 4.07. The molecule has 2 amide bonds. The normalized spacial score (nSPS) is 16.7. The van der Waals surface area contributed by atoms with E-state index in [2.05, 4.69) is 45.7 Å². The van der Waals surface area contributed by atoms with Gasteiger partial charge in [0, 0.05) is 65.3 Å². The first-order chi connectivity index (χ1) is 33.4. The summed E-state index contributed by atoms with van der Waals surface area (Å²) in [6.07, 6.45) is 12.3. The van der Waals surface area contributed by atoms with Crippen LogP contribution in [-0.4, -0.2) is 183 Å². The average molecular weight is 1000 g/mol. The Balaban J connectivity index is 0.0000107. The van der Waals surface area contributed by atoms with Gasteiger partial charge in [-0.1, -0.05) is 56.9 Å². The molecule has 390 valence electrons. The number of carboxylic acid groups (broad SMARTS) is 1. The maximum absolute atomic E-state index is 14.2. The van der Waals surface area contributed by atoms with Crippen LogP contribution in [0.5, 0.6) is 0 Å². The SMILES string of the molecule is C#CCOCCOCCOCCNc1nc(N2CCN(C(=O)[C@H](CCCCN)n3cc(C(N)[C@H](C)CC)nn3)CC2)nc(N2CCN(C(=O)[C@H](CCC(=O)O)n3cc(C(N)[C@H](C)CC)nn3)CC2)n1.Cl. The second kappa shape index (κ2) is 29.8. The molecule has 0 bridgehead atoms. The van der Waals surface area contributed by atoms with Crippen molar-refractivity contribution in [3.05, 3.63) is 23.8 Å². The van der Waals surface area contributed by atoms with Crippen molar-refractivity contribution in [3.63, 3.8) is 0 Å². The smallest absolute Gasteiger partial charge is 0.303 e. The lowest BCUT2D eigenvalue weighted by atomic mass is 9.98. The number of nitrogens with one attached hydrogen (secondary N) is 1. The van der Waals surface area contributed by atoms with Gasteiger partial charge in [-0.15, -0.1) is 29.0 Å². The Morgan fingerprint density at radius 2 is 1.20 bits per heavy atom. The summed E-state index contributed by atoms with van der Waals surface area (Å²) in [6.45, 7) is 14.6. The Labute approximate surface area is 417 Å². The molecule has 0 radical (unpaired) electrons. The molecule has 0 spiro atoms. The van der Waals surface area contributed by atoms with Crippen LogP contribution < -0.4 is 32.3 Å². The van der Waals surface area contributed by atoms with E-state index < -0.39 is 18.1 Å². The van der Waals surface area contributed by atoms with Gasteiger partial charge in [-0.05, 0) is 44.1 Å². The summed E-state index contributed by atoms with van der Waals surface area (Å²) in [4.78, 5) is 62.2. The molecule has 3 aromatic rings. The molecule has 5 rings (SSSR count). The third-order valence-corrected chi connectivity index (χ3v) is 12.8. The van der Waals surface area contributed by atoms with Crippen LogP contribution in [-0.2, 0) is 28.6 Å². The number of unbranched alkanes of at least 4 members (excludes halogenated alkanes) is 1. The summed E-state index contributed by atoms with van der Waals surface area (Å²) in [7, 11) is 0. The molecule has 0 aromatic carbocycles. The number of nitrogens with zero attached hydrogens (tertiary/aromatic N) is 13. The highest BCUT2D eigenvalue weighted by molar-refractivity contribution is 5.85. The number of anilines is 3. The lowest BCUT2D eigenvalue weighted by molar-refractivity contribution is -0.139. The van der Waals surface area contributed by atoms with E-state index in [0.29, 0.717) is 134 Å². The molecule has 24 nitrogen and oxygen atoms in total. The molecule has 3 aromatic heterocycles. The van der Waals surface area contributed by atoms with Crippen molar-refractivity contribution in [2.24, 2.45) is 29.0 Å². The minimum Gasteiger partial charge on any atom is -0.481 e. The fourth-order valence-corrected chi connectivity index (χ4v) is 7.96. The first-order valence-electron chi connectivity index (χ1n) is 24.4. The number of aromatic nitrogens is 9. The van der Waals surface area contributed by atoms with E-state index in [1.807, 2.05) is 34.7 Å². The third-order valence-electron chi connectivity index (χ3n) is 12.8. The largest absolute Gasteiger partial charge is 0.481 e. The van der Waals surface area contributed by atoms with Gasteiger partial charge in [0.25, 0.3) is 0 Å². The Hall–Kier alpha value is -5.29. The summed E-state index contributed by atoms with van der Waals surface area (Å²) < 4.78 is 19.6. The van der Waals surface area contributed by atoms with Gasteiger partial charge in [0.15, 0.2) is 0 Å².